The molecule has 0 radical (unpaired) electrons. The Hall–Kier alpha value is -0.410. The molecule has 1 aromatic rings. The smallest absolute Gasteiger partial charge is 0.129 e. The van der Waals surface area contributed by atoms with E-state index in [1.807, 2.05) is 11.8 Å². The molecule has 1 heterocycles. The second-order valence-electron chi connectivity index (χ2n) is 2.91. The third-order valence-corrected chi connectivity index (χ3v) is 3.96. The predicted molar refractivity (Wildman–Crippen MR) is 61.8 cm³/mol. The average molecular weight is 209 g/mol. The van der Waals surface area contributed by atoms with Crippen molar-refractivity contribution >= 4 is 27.9 Å². The van der Waals surface area contributed by atoms with Gasteiger partial charge in [0.2, 0.25) is 0 Å². The normalized spacial score (nSPS) is 15.9. The Morgan fingerprint density at radius 3 is 2.69 bits per heavy atom. The van der Waals surface area contributed by atoms with Crippen LogP contribution in [0.25, 0.3) is 0 Å². The molecule has 0 aromatic heterocycles. The van der Waals surface area contributed by atoms with Gasteiger partial charge in [-0.05, 0) is 19.1 Å². The number of benzene rings is 1. The van der Waals surface area contributed by atoms with E-state index in [4.69, 9.17) is 0 Å². The van der Waals surface area contributed by atoms with Crippen molar-refractivity contribution < 1.29 is 0 Å². The van der Waals surface area contributed by atoms with Crippen LogP contribution in [0, 0.1) is 6.92 Å². The van der Waals surface area contributed by atoms with E-state index in [2.05, 4.69) is 36.2 Å². The molecular formula is C10H11NS2. The second kappa shape index (κ2) is 4.20. The maximum Gasteiger partial charge on any atom is 0.129 e. The summed E-state index contributed by atoms with van der Waals surface area (Å²) in [5.74, 6) is 1.15. The third kappa shape index (κ3) is 2.51. The Kier molecular flexibility index (Phi) is 2.96. The lowest BCUT2D eigenvalue weighted by atomic mass is 10.2. The minimum Gasteiger partial charge on any atom is -0.271 e. The fourth-order valence-electron chi connectivity index (χ4n) is 1.08. The van der Waals surface area contributed by atoms with Gasteiger partial charge in [-0.15, -0.1) is 0 Å². The fraction of sp³-hybridized carbons (Fsp3) is 0.300. The Bertz CT molecular complexity index is 316. The second-order valence-corrected chi connectivity index (χ2v) is 5.32. The molecule has 0 spiro atoms. The first-order chi connectivity index (χ1) is 6.34. The van der Waals surface area contributed by atoms with E-state index >= 15 is 0 Å². The molecule has 0 fully saturated rings. The summed E-state index contributed by atoms with van der Waals surface area (Å²) >= 11 is 3.63. The summed E-state index contributed by atoms with van der Waals surface area (Å²) in [5.41, 5.74) is 1.31. The summed E-state index contributed by atoms with van der Waals surface area (Å²) in [6, 6.07) is 8.59. The van der Waals surface area contributed by atoms with Gasteiger partial charge in [0.1, 0.15) is 4.38 Å². The summed E-state index contributed by atoms with van der Waals surface area (Å²) in [4.78, 5) is 5.69. The highest BCUT2D eigenvalue weighted by Gasteiger charge is 2.07. The largest absolute Gasteiger partial charge is 0.271 e. The first-order valence-corrected chi connectivity index (χ1v) is 6.06. The Morgan fingerprint density at radius 2 is 2.08 bits per heavy atom. The molecule has 1 aliphatic heterocycles. The lowest BCUT2D eigenvalue weighted by Gasteiger charge is -1.99. The van der Waals surface area contributed by atoms with Crippen molar-refractivity contribution in [3.8, 4) is 0 Å². The quantitative estimate of drug-likeness (QED) is 0.704. The van der Waals surface area contributed by atoms with Crippen LogP contribution in [0.3, 0.4) is 0 Å². The highest BCUT2D eigenvalue weighted by atomic mass is 32.2. The standard InChI is InChI=1S/C10H11NS2/c1-8-2-4-9(5-3-8)13-10-11-6-7-12-10/h2-5H,6-7H2,1H3. The summed E-state index contributed by atoms with van der Waals surface area (Å²) in [7, 11) is 0. The molecule has 68 valence electrons. The van der Waals surface area contributed by atoms with Gasteiger partial charge in [-0.2, -0.15) is 0 Å². The topological polar surface area (TPSA) is 12.4 Å². The highest BCUT2D eigenvalue weighted by molar-refractivity contribution is 8.39. The van der Waals surface area contributed by atoms with Gasteiger partial charge in [0, 0.05) is 10.6 Å². The van der Waals surface area contributed by atoms with Crippen molar-refractivity contribution in [1.29, 1.82) is 0 Å². The Morgan fingerprint density at radius 1 is 1.31 bits per heavy atom. The number of nitrogens with zero attached hydrogens (tertiary/aromatic N) is 1. The predicted octanol–water partition coefficient (Wildman–Crippen LogP) is 3.19. The molecule has 1 nitrogen and oxygen atoms in total. The zero-order chi connectivity index (χ0) is 9.10. The zero-order valence-corrected chi connectivity index (χ0v) is 9.12. The molecule has 0 N–H and O–H groups in total. The van der Waals surface area contributed by atoms with E-state index in [0.717, 1.165) is 12.3 Å². The van der Waals surface area contributed by atoms with Gasteiger partial charge in [0.25, 0.3) is 0 Å². The highest BCUT2D eigenvalue weighted by Crippen LogP contribution is 2.28. The van der Waals surface area contributed by atoms with Crippen molar-refractivity contribution in [2.24, 2.45) is 4.99 Å². The van der Waals surface area contributed by atoms with Crippen LogP contribution in [0.15, 0.2) is 34.2 Å². The maximum absolute atomic E-state index is 4.40. The molecule has 0 saturated carbocycles. The summed E-state index contributed by atoms with van der Waals surface area (Å²) in [6.45, 7) is 3.09. The molecule has 0 bridgehead atoms. The SMILES string of the molecule is Cc1ccc(SC2=NCCS2)cc1. The molecule has 0 atom stereocenters. The number of hydrogen-bond acceptors (Lipinski definition) is 3. The number of thioether (sulfide) groups is 2. The molecule has 3 heteroatoms. The van der Waals surface area contributed by atoms with E-state index in [-0.39, 0.29) is 0 Å². The van der Waals surface area contributed by atoms with Gasteiger partial charge >= 0.3 is 0 Å². The maximum atomic E-state index is 4.40. The van der Waals surface area contributed by atoms with E-state index < -0.39 is 0 Å². The molecule has 1 aromatic carbocycles. The van der Waals surface area contributed by atoms with Crippen molar-refractivity contribution in [2.75, 3.05) is 12.3 Å². The van der Waals surface area contributed by atoms with Crippen molar-refractivity contribution in [3.05, 3.63) is 29.8 Å². The summed E-state index contributed by atoms with van der Waals surface area (Å²) in [5, 5.41) is 0. The van der Waals surface area contributed by atoms with Crippen molar-refractivity contribution in [2.45, 2.75) is 11.8 Å². The molecule has 0 saturated heterocycles. The summed E-state index contributed by atoms with van der Waals surface area (Å²) < 4.78 is 1.21. The minimum absolute atomic E-state index is 0.985. The van der Waals surface area contributed by atoms with Crippen LogP contribution in [0.5, 0.6) is 0 Å². The van der Waals surface area contributed by atoms with Crippen LogP contribution in [0.4, 0.5) is 0 Å². The van der Waals surface area contributed by atoms with Gasteiger partial charge in [-0.3, -0.25) is 4.99 Å². The van der Waals surface area contributed by atoms with Crippen LogP contribution in [-0.2, 0) is 0 Å². The first kappa shape index (κ1) is 9.16. The van der Waals surface area contributed by atoms with Gasteiger partial charge in [-0.1, -0.05) is 41.2 Å². The minimum atomic E-state index is 0.985. The van der Waals surface area contributed by atoms with Crippen LogP contribution in [0.2, 0.25) is 0 Å². The molecule has 2 rings (SSSR count). The van der Waals surface area contributed by atoms with Crippen LogP contribution in [0.1, 0.15) is 5.56 Å². The molecule has 0 aliphatic carbocycles. The van der Waals surface area contributed by atoms with Gasteiger partial charge < -0.3 is 0 Å². The molecule has 0 amide bonds. The van der Waals surface area contributed by atoms with Crippen LogP contribution < -0.4 is 0 Å². The van der Waals surface area contributed by atoms with Crippen molar-refractivity contribution in [1.82, 2.24) is 0 Å². The number of aliphatic imine (C=N–C) groups is 1. The number of aryl methyl sites for hydroxylation is 1. The van der Waals surface area contributed by atoms with Crippen molar-refractivity contribution in [3.63, 3.8) is 0 Å². The van der Waals surface area contributed by atoms with Gasteiger partial charge in [0.05, 0.1) is 6.54 Å². The molecular weight excluding hydrogens is 198 g/mol. The van der Waals surface area contributed by atoms with E-state index in [0.29, 0.717) is 0 Å². The monoisotopic (exact) mass is 209 g/mol. The fourth-order valence-corrected chi connectivity index (χ4v) is 3.03. The van der Waals surface area contributed by atoms with E-state index in [1.165, 1.54) is 14.8 Å². The zero-order valence-electron chi connectivity index (χ0n) is 7.49. The van der Waals surface area contributed by atoms with E-state index in [1.54, 1.807) is 11.8 Å². The molecule has 1 aliphatic rings. The van der Waals surface area contributed by atoms with E-state index in [9.17, 15) is 0 Å². The first-order valence-electron chi connectivity index (χ1n) is 4.26. The molecule has 13 heavy (non-hydrogen) atoms. The van der Waals surface area contributed by atoms with Crippen LogP contribution >= 0.6 is 23.5 Å². The van der Waals surface area contributed by atoms with Crippen LogP contribution in [-0.4, -0.2) is 16.7 Å². The Balaban J connectivity index is 2.05. The number of rotatable bonds is 1. The molecule has 0 unspecified atom stereocenters. The average Bonchev–Trinajstić information content (AvgIpc) is 2.62. The lowest BCUT2D eigenvalue weighted by Crippen LogP contribution is -1.80. The number of hydrogen-bond donors (Lipinski definition) is 0. The van der Waals surface area contributed by atoms with Gasteiger partial charge in [0.15, 0.2) is 0 Å². The third-order valence-electron chi connectivity index (χ3n) is 1.78. The Labute approximate surface area is 87.0 Å². The lowest BCUT2D eigenvalue weighted by molar-refractivity contribution is 1.18. The summed E-state index contributed by atoms with van der Waals surface area (Å²) in [6.07, 6.45) is 0. The van der Waals surface area contributed by atoms with Gasteiger partial charge in [-0.25, -0.2) is 0 Å².